The van der Waals surface area contributed by atoms with Gasteiger partial charge in [0.05, 0.1) is 6.42 Å². The van der Waals surface area contributed by atoms with E-state index in [-0.39, 0.29) is 24.2 Å². The quantitative estimate of drug-likeness (QED) is 0.812. The van der Waals surface area contributed by atoms with Gasteiger partial charge in [-0.2, -0.15) is 0 Å². The first-order valence-electron chi connectivity index (χ1n) is 6.89. The van der Waals surface area contributed by atoms with Gasteiger partial charge in [-0.05, 0) is 30.1 Å². The minimum absolute atomic E-state index is 0. The van der Waals surface area contributed by atoms with Crippen molar-refractivity contribution in [1.82, 2.24) is 0 Å². The lowest BCUT2D eigenvalue weighted by atomic mass is 9.85. The van der Waals surface area contributed by atoms with Crippen molar-refractivity contribution in [2.75, 3.05) is 0 Å². The van der Waals surface area contributed by atoms with Crippen LogP contribution in [0, 0.1) is 0 Å². The van der Waals surface area contributed by atoms with Crippen LogP contribution < -0.4 is 10.2 Å². The Balaban J connectivity index is 0.00000400. The average Bonchev–Trinajstić information content (AvgIpc) is 2.25. The number of rotatable bonds is 5. The third kappa shape index (κ3) is 6.07. The molecule has 4 nitrogen and oxygen atoms in total. The van der Waals surface area contributed by atoms with Crippen LogP contribution in [0.15, 0.2) is 18.2 Å². The largest absolute Gasteiger partial charge is 0.547 e. The summed E-state index contributed by atoms with van der Waals surface area (Å²) in [6.45, 7) is 10.6. The summed E-state index contributed by atoms with van der Waals surface area (Å²) in [6.07, 6.45) is -0.0924. The molecule has 0 aliphatic heterocycles. The standard InChI is InChI=1S/C15H25NO3Si.ClH/c1-15(2,3)10-6-7-11(12(16)9-14(17)18)13(8-10)19-20(4)5;/h6-8,12,20H,9,16H2,1-5H3,(H,17,18);1H/t12-;/m1./s1. The van der Waals surface area contributed by atoms with Crippen molar-refractivity contribution in [3.63, 3.8) is 0 Å². The number of hydrogen-bond acceptors (Lipinski definition) is 3. The lowest BCUT2D eigenvalue weighted by molar-refractivity contribution is -0.137. The van der Waals surface area contributed by atoms with Gasteiger partial charge in [-0.15, -0.1) is 12.4 Å². The molecule has 3 N–H and O–H groups in total. The van der Waals surface area contributed by atoms with Crippen LogP contribution in [0.4, 0.5) is 0 Å². The highest BCUT2D eigenvalue weighted by Gasteiger charge is 2.20. The Hall–Kier alpha value is -1.04. The van der Waals surface area contributed by atoms with Gasteiger partial charge in [0, 0.05) is 11.6 Å². The van der Waals surface area contributed by atoms with Crippen molar-refractivity contribution in [2.24, 2.45) is 5.73 Å². The molecule has 0 saturated heterocycles. The van der Waals surface area contributed by atoms with Crippen molar-refractivity contribution in [1.29, 1.82) is 0 Å². The van der Waals surface area contributed by atoms with E-state index in [9.17, 15) is 4.79 Å². The molecule has 1 aromatic carbocycles. The van der Waals surface area contributed by atoms with Crippen LogP contribution in [0.3, 0.4) is 0 Å². The number of carbonyl (C=O) groups is 1. The Kier molecular flexibility index (Phi) is 7.43. The summed E-state index contributed by atoms with van der Waals surface area (Å²) in [6, 6.07) is 5.38. The van der Waals surface area contributed by atoms with Crippen LogP contribution in [0.5, 0.6) is 5.75 Å². The molecule has 0 aromatic heterocycles. The van der Waals surface area contributed by atoms with E-state index >= 15 is 0 Å². The summed E-state index contributed by atoms with van der Waals surface area (Å²) < 4.78 is 5.95. The third-order valence-electron chi connectivity index (χ3n) is 3.04. The molecule has 0 aliphatic carbocycles. The summed E-state index contributed by atoms with van der Waals surface area (Å²) in [5, 5.41) is 8.89. The first kappa shape index (κ1) is 20.0. The molecule has 1 aromatic rings. The number of carboxylic acid groups (broad SMARTS) is 1. The molecule has 6 heteroatoms. The molecule has 0 radical (unpaired) electrons. The fraction of sp³-hybridized carbons (Fsp3) is 0.533. The molecule has 0 heterocycles. The van der Waals surface area contributed by atoms with Crippen molar-refractivity contribution in [2.45, 2.75) is 51.7 Å². The van der Waals surface area contributed by atoms with Crippen molar-refractivity contribution >= 4 is 27.4 Å². The van der Waals surface area contributed by atoms with Gasteiger partial charge < -0.3 is 15.3 Å². The number of hydrogen-bond donors (Lipinski definition) is 2. The number of benzene rings is 1. The Morgan fingerprint density at radius 2 is 1.95 bits per heavy atom. The second kappa shape index (κ2) is 7.82. The zero-order chi connectivity index (χ0) is 15.5. The molecule has 0 saturated carbocycles. The molecule has 120 valence electrons. The van der Waals surface area contributed by atoms with E-state index in [2.05, 4.69) is 33.9 Å². The first-order chi connectivity index (χ1) is 9.11. The topological polar surface area (TPSA) is 72.5 Å². The van der Waals surface area contributed by atoms with Crippen LogP contribution in [0.1, 0.15) is 44.4 Å². The highest BCUT2D eigenvalue weighted by Crippen LogP contribution is 2.32. The lowest BCUT2D eigenvalue weighted by Crippen LogP contribution is -2.20. The van der Waals surface area contributed by atoms with Crippen LogP contribution >= 0.6 is 12.4 Å². The first-order valence-corrected chi connectivity index (χ1v) is 9.67. The van der Waals surface area contributed by atoms with E-state index in [4.69, 9.17) is 15.3 Å². The van der Waals surface area contributed by atoms with Crippen LogP contribution in [0.2, 0.25) is 13.1 Å². The second-order valence-electron chi connectivity index (χ2n) is 6.37. The fourth-order valence-corrected chi connectivity index (χ4v) is 2.67. The predicted molar refractivity (Wildman–Crippen MR) is 91.1 cm³/mol. The van der Waals surface area contributed by atoms with Crippen molar-refractivity contribution < 1.29 is 14.3 Å². The van der Waals surface area contributed by atoms with Crippen LogP contribution in [0.25, 0.3) is 0 Å². The SMILES string of the molecule is C[SiH](C)Oc1cc(C(C)(C)C)ccc1[C@H](N)CC(=O)O.Cl. The number of halogens is 1. The molecule has 1 rings (SSSR count). The van der Waals surface area contributed by atoms with Gasteiger partial charge in [0.1, 0.15) is 5.75 Å². The van der Waals surface area contributed by atoms with E-state index in [1.54, 1.807) is 0 Å². The summed E-state index contributed by atoms with van der Waals surface area (Å²) >= 11 is 0. The predicted octanol–water partition coefficient (Wildman–Crippen LogP) is 3.24. The zero-order valence-corrected chi connectivity index (χ0v) is 15.3. The maximum absolute atomic E-state index is 10.8. The summed E-state index contributed by atoms with van der Waals surface area (Å²) in [4.78, 5) is 10.8. The molecule has 0 spiro atoms. The maximum Gasteiger partial charge on any atom is 0.305 e. The fourth-order valence-electron chi connectivity index (χ4n) is 1.96. The molecule has 21 heavy (non-hydrogen) atoms. The van der Waals surface area contributed by atoms with E-state index < -0.39 is 21.1 Å². The van der Waals surface area contributed by atoms with Crippen molar-refractivity contribution in [3.8, 4) is 5.75 Å². The smallest absolute Gasteiger partial charge is 0.305 e. The molecule has 0 unspecified atom stereocenters. The summed E-state index contributed by atoms with van der Waals surface area (Å²) in [5.41, 5.74) is 7.95. The van der Waals surface area contributed by atoms with Gasteiger partial charge in [-0.25, -0.2) is 0 Å². The van der Waals surface area contributed by atoms with Gasteiger partial charge in [-0.1, -0.05) is 32.9 Å². The molecular formula is C15H26ClNO3Si. The van der Waals surface area contributed by atoms with Crippen molar-refractivity contribution in [3.05, 3.63) is 29.3 Å². The summed E-state index contributed by atoms with van der Waals surface area (Å²) in [5.74, 6) is -0.155. The highest BCUT2D eigenvalue weighted by molar-refractivity contribution is 6.49. The minimum Gasteiger partial charge on any atom is -0.547 e. The number of aliphatic carboxylic acids is 1. The van der Waals surface area contributed by atoms with Gasteiger partial charge in [0.25, 0.3) is 0 Å². The maximum atomic E-state index is 10.8. The molecule has 0 bridgehead atoms. The lowest BCUT2D eigenvalue weighted by Gasteiger charge is -2.24. The van der Waals surface area contributed by atoms with Gasteiger partial charge in [0.2, 0.25) is 9.04 Å². The monoisotopic (exact) mass is 331 g/mol. The average molecular weight is 332 g/mol. The Bertz CT molecular complexity index is 486. The Morgan fingerprint density at radius 1 is 1.38 bits per heavy atom. The highest BCUT2D eigenvalue weighted by atomic mass is 35.5. The van der Waals surface area contributed by atoms with E-state index in [0.717, 1.165) is 16.9 Å². The van der Waals surface area contributed by atoms with Crippen LogP contribution in [-0.2, 0) is 10.2 Å². The van der Waals surface area contributed by atoms with E-state index in [1.807, 2.05) is 18.2 Å². The van der Waals surface area contributed by atoms with Gasteiger partial charge >= 0.3 is 5.97 Å². The van der Waals surface area contributed by atoms with Gasteiger partial charge in [-0.3, -0.25) is 4.79 Å². The summed E-state index contributed by atoms with van der Waals surface area (Å²) in [7, 11) is -1.28. The Morgan fingerprint density at radius 3 is 2.38 bits per heavy atom. The molecule has 0 aliphatic rings. The Labute approximate surface area is 134 Å². The second-order valence-corrected chi connectivity index (χ2v) is 8.71. The minimum atomic E-state index is -1.28. The van der Waals surface area contributed by atoms with E-state index in [0.29, 0.717) is 0 Å². The van der Waals surface area contributed by atoms with E-state index in [1.165, 1.54) is 0 Å². The molecular weight excluding hydrogens is 306 g/mol. The zero-order valence-electron chi connectivity index (χ0n) is 13.3. The normalized spacial score (nSPS) is 12.7. The number of nitrogens with two attached hydrogens (primary N) is 1. The van der Waals surface area contributed by atoms with Gasteiger partial charge in [0.15, 0.2) is 0 Å². The molecule has 0 fully saturated rings. The third-order valence-corrected chi connectivity index (χ3v) is 3.76. The molecule has 1 atom stereocenters. The molecule has 0 amide bonds. The number of carboxylic acids is 1. The van der Waals surface area contributed by atoms with Crippen LogP contribution in [-0.4, -0.2) is 20.1 Å².